The first kappa shape index (κ1) is 6.60. The van der Waals surface area contributed by atoms with Gasteiger partial charge in [0.25, 0.3) is 0 Å². The van der Waals surface area contributed by atoms with Crippen molar-refractivity contribution in [1.29, 1.82) is 0 Å². The van der Waals surface area contributed by atoms with E-state index in [1.165, 1.54) is 0 Å². The molecule has 0 bridgehead atoms. The lowest BCUT2D eigenvalue weighted by Crippen LogP contribution is -2.39. The molecule has 0 aromatic heterocycles. The van der Waals surface area contributed by atoms with Gasteiger partial charge in [-0.2, -0.15) is 0 Å². The second-order valence-electron chi connectivity index (χ2n) is 2.29. The number of halogens is 1. The summed E-state index contributed by atoms with van der Waals surface area (Å²) in [5.74, 6) is 1.18. The first-order valence-corrected chi connectivity index (χ1v) is 3.67. The lowest BCUT2D eigenvalue weighted by Gasteiger charge is -2.16. The van der Waals surface area contributed by atoms with E-state index < -0.39 is 0 Å². The predicted octanol–water partition coefficient (Wildman–Crippen LogP) is -1.21. The van der Waals surface area contributed by atoms with Crippen molar-refractivity contribution in [3.05, 3.63) is 11.5 Å². The molecule has 1 atom stereocenters. The van der Waals surface area contributed by atoms with Crippen LogP contribution in [0.1, 0.15) is 0 Å². The topological polar surface area (TPSA) is 74.5 Å². The van der Waals surface area contributed by atoms with Gasteiger partial charge in [-0.15, -0.1) is 0 Å². The summed E-state index contributed by atoms with van der Waals surface area (Å²) < 4.78 is 0. The molecule has 0 fully saturated rings. The van der Waals surface area contributed by atoms with Gasteiger partial charge < -0.3 is 21.7 Å². The van der Waals surface area contributed by atoms with Gasteiger partial charge in [0.2, 0.25) is 0 Å². The molecule has 0 aromatic carbocycles. The van der Waals surface area contributed by atoms with Crippen molar-refractivity contribution in [3.63, 3.8) is 0 Å². The number of rotatable bonds is 0. The minimum absolute atomic E-state index is 0.347. The van der Waals surface area contributed by atoms with E-state index in [-0.39, 0.29) is 5.50 Å². The highest BCUT2D eigenvalue weighted by molar-refractivity contribution is 6.23. The number of alkyl halides is 1. The van der Waals surface area contributed by atoms with E-state index in [9.17, 15) is 0 Å². The van der Waals surface area contributed by atoms with E-state index in [1.807, 2.05) is 0 Å². The highest BCUT2D eigenvalue weighted by Crippen LogP contribution is 2.16. The van der Waals surface area contributed by atoms with Crippen molar-refractivity contribution in [2.45, 2.75) is 5.50 Å². The number of hydrogen-bond donors (Lipinski definition) is 4. The lowest BCUT2D eigenvalue weighted by molar-refractivity contribution is 0.779. The molecule has 2 heterocycles. The summed E-state index contributed by atoms with van der Waals surface area (Å²) in [4.78, 5) is 3.91. The van der Waals surface area contributed by atoms with Gasteiger partial charge in [-0.3, -0.25) is 0 Å². The number of nitrogens with two attached hydrogens (primary N) is 1. The summed E-state index contributed by atoms with van der Waals surface area (Å²) in [6.07, 6.45) is 0. The predicted molar refractivity (Wildman–Crippen MR) is 42.6 cm³/mol. The maximum absolute atomic E-state index is 5.84. The van der Waals surface area contributed by atoms with Crippen LogP contribution in [0.5, 0.6) is 0 Å². The zero-order valence-corrected chi connectivity index (χ0v) is 6.44. The van der Waals surface area contributed by atoms with Gasteiger partial charge >= 0.3 is 0 Å². The van der Waals surface area contributed by atoms with Gasteiger partial charge in [-0.05, 0) is 0 Å². The van der Waals surface area contributed by atoms with Crippen LogP contribution in [0.15, 0.2) is 16.5 Å². The molecule has 2 rings (SSSR count). The van der Waals surface area contributed by atoms with Crippen molar-refractivity contribution in [2.24, 2.45) is 10.7 Å². The summed E-state index contributed by atoms with van der Waals surface area (Å²) in [6, 6.07) is 0. The molecule has 0 spiro atoms. The Labute approximate surface area is 68.7 Å². The highest BCUT2D eigenvalue weighted by atomic mass is 35.5. The molecule has 0 aromatic rings. The summed E-state index contributed by atoms with van der Waals surface area (Å²) >= 11 is 5.84. The van der Waals surface area contributed by atoms with E-state index in [4.69, 9.17) is 17.3 Å². The average Bonchev–Trinajstić information content (AvgIpc) is 2.34. The van der Waals surface area contributed by atoms with Crippen molar-refractivity contribution in [2.75, 3.05) is 6.67 Å². The molecule has 0 radical (unpaired) electrons. The van der Waals surface area contributed by atoms with Crippen molar-refractivity contribution >= 4 is 17.6 Å². The lowest BCUT2D eigenvalue weighted by atomic mass is 10.4. The van der Waals surface area contributed by atoms with Crippen LogP contribution in [-0.4, -0.2) is 18.1 Å². The third kappa shape index (κ3) is 0.970. The molecular formula is C5H8ClN5. The van der Waals surface area contributed by atoms with Gasteiger partial charge in [0, 0.05) is 0 Å². The SMILES string of the molecule is NC1=NC(Cl)C2=C(NCN2)N1. The minimum atomic E-state index is -0.388. The van der Waals surface area contributed by atoms with Crippen molar-refractivity contribution in [1.82, 2.24) is 16.0 Å². The third-order valence-electron chi connectivity index (χ3n) is 1.56. The molecule has 0 aliphatic carbocycles. The monoisotopic (exact) mass is 173 g/mol. The van der Waals surface area contributed by atoms with Crippen LogP contribution in [0, 0.1) is 0 Å². The smallest absolute Gasteiger partial charge is 0.196 e. The fourth-order valence-electron chi connectivity index (χ4n) is 1.07. The largest absolute Gasteiger partial charge is 0.370 e. The van der Waals surface area contributed by atoms with Gasteiger partial charge in [0.05, 0.1) is 12.4 Å². The molecule has 11 heavy (non-hydrogen) atoms. The maximum atomic E-state index is 5.84. The Balaban J connectivity index is 2.27. The Kier molecular flexibility index (Phi) is 1.32. The molecular weight excluding hydrogens is 166 g/mol. The molecule has 6 heteroatoms. The molecule has 1 unspecified atom stereocenters. The number of guanidine groups is 1. The Bertz CT molecular complexity index is 245. The molecule has 2 aliphatic rings. The van der Waals surface area contributed by atoms with Crippen LogP contribution in [0.25, 0.3) is 0 Å². The molecule has 5 nitrogen and oxygen atoms in total. The normalized spacial score (nSPS) is 28.1. The van der Waals surface area contributed by atoms with E-state index >= 15 is 0 Å². The molecule has 60 valence electrons. The highest BCUT2D eigenvalue weighted by Gasteiger charge is 2.24. The molecule has 0 saturated heterocycles. The molecule has 0 saturated carbocycles. The fourth-order valence-corrected chi connectivity index (χ4v) is 1.36. The third-order valence-corrected chi connectivity index (χ3v) is 1.87. The van der Waals surface area contributed by atoms with Crippen LogP contribution in [0.4, 0.5) is 0 Å². The minimum Gasteiger partial charge on any atom is -0.370 e. The summed E-state index contributed by atoms with van der Waals surface area (Å²) in [7, 11) is 0. The second kappa shape index (κ2) is 2.20. The standard InChI is InChI=1S/C5H8ClN5/c6-3-2-4(9-1-8-2)11-5(7)10-3/h3,8-9H,1H2,(H3,7,10,11). The van der Waals surface area contributed by atoms with Crippen LogP contribution in [0.2, 0.25) is 0 Å². The second-order valence-corrected chi connectivity index (χ2v) is 2.71. The fraction of sp³-hybridized carbons (Fsp3) is 0.400. The van der Waals surface area contributed by atoms with Crippen molar-refractivity contribution in [3.8, 4) is 0 Å². The van der Waals surface area contributed by atoms with E-state index in [1.54, 1.807) is 0 Å². The number of nitrogens with zero attached hydrogens (tertiary/aromatic N) is 1. The van der Waals surface area contributed by atoms with Crippen molar-refractivity contribution < 1.29 is 0 Å². The maximum Gasteiger partial charge on any atom is 0.196 e. The Morgan fingerprint density at radius 1 is 1.55 bits per heavy atom. The molecule has 2 aliphatic heterocycles. The van der Waals surface area contributed by atoms with Crippen LogP contribution in [0.3, 0.4) is 0 Å². The quantitative estimate of drug-likeness (QED) is 0.274. The Morgan fingerprint density at radius 3 is 3.18 bits per heavy atom. The van der Waals surface area contributed by atoms with E-state index in [0.717, 1.165) is 11.5 Å². The van der Waals surface area contributed by atoms with Gasteiger partial charge in [0.15, 0.2) is 11.5 Å². The zero-order valence-electron chi connectivity index (χ0n) is 5.69. The first-order chi connectivity index (χ1) is 5.27. The van der Waals surface area contributed by atoms with Crippen LogP contribution < -0.4 is 21.7 Å². The Hall–Kier alpha value is -1.10. The first-order valence-electron chi connectivity index (χ1n) is 3.23. The van der Waals surface area contributed by atoms with Gasteiger partial charge in [-0.25, -0.2) is 4.99 Å². The number of hydrogen-bond acceptors (Lipinski definition) is 5. The number of aliphatic imine (C=N–C) groups is 1. The van der Waals surface area contributed by atoms with E-state index in [0.29, 0.717) is 12.6 Å². The van der Waals surface area contributed by atoms with Gasteiger partial charge in [0.1, 0.15) is 5.82 Å². The summed E-state index contributed by atoms with van der Waals surface area (Å²) in [6.45, 7) is 0.670. The van der Waals surface area contributed by atoms with E-state index in [2.05, 4.69) is 20.9 Å². The zero-order chi connectivity index (χ0) is 7.84. The molecule has 0 amide bonds. The van der Waals surface area contributed by atoms with Gasteiger partial charge in [-0.1, -0.05) is 11.6 Å². The Morgan fingerprint density at radius 2 is 2.36 bits per heavy atom. The summed E-state index contributed by atoms with van der Waals surface area (Å²) in [5.41, 5.74) is 5.91. The average molecular weight is 174 g/mol. The number of nitrogens with one attached hydrogen (secondary N) is 3. The molecule has 5 N–H and O–H groups in total. The van der Waals surface area contributed by atoms with Crippen LogP contribution in [-0.2, 0) is 0 Å². The summed E-state index contributed by atoms with van der Waals surface area (Å²) in [5, 5.41) is 8.93. The van der Waals surface area contributed by atoms with Crippen LogP contribution >= 0.6 is 11.6 Å².